The molecule has 8 rings (SSSR count). The molecule has 0 unspecified atom stereocenters. The fourth-order valence-corrected chi connectivity index (χ4v) is 6.48. The van der Waals surface area contributed by atoms with Crippen LogP contribution in [0.15, 0.2) is 194 Å². The molecule has 0 bridgehead atoms. The van der Waals surface area contributed by atoms with Crippen molar-refractivity contribution in [2.45, 2.75) is 0 Å². The molecule has 2 heteroatoms. The second-order valence-electron chi connectivity index (χ2n) is 11.9. The molecule has 0 saturated heterocycles. The number of para-hydroxylation sites is 2. The van der Waals surface area contributed by atoms with Gasteiger partial charge in [-0.05, 0) is 82.6 Å². The zero-order valence-corrected chi connectivity index (χ0v) is 26.5. The Kier molecular flexibility index (Phi) is 7.96. The summed E-state index contributed by atoms with van der Waals surface area (Å²) in [4.78, 5) is 4.67. The third kappa shape index (κ3) is 5.84. The van der Waals surface area contributed by atoms with Crippen LogP contribution in [0.5, 0.6) is 0 Å². The number of hydrogen-bond acceptors (Lipinski definition) is 2. The quantitative estimate of drug-likeness (QED) is 0.157. The maximum absolute atomic E-state index is 2.34. The Morgan fingerprint density at radius 3 is 1.02 bits per heavy atom. The normalized spacial score (nSPS) is 11.2. The average Bonchev–Trinajstić information content (AvgIpc) is 3.16. The second kappa shape index (κ2) is 13.2. The van der Waals surface area contributed by atoms with Crippen LogP contribution in [0.25, 0.3) is 33.7 Å². The molecular formula is C46H34N2. The molecule has 8 aromatic rings. The first-order valence-corrected chi connectivity index (χ1v) is 16.4. The summed E-state index contributed by atoms with van der Waals surface area (Å²) in [7, 11) is 0. The molecule has 0 aliphatic carbocycles. The highest BCUT2D eigenvalue weighted by Gasteiger charge is 2.16. The molecule has 0 heterocycles. The van der Waals surface area contributed by atoms with Crippen molar-refractivity contribution in [3.8, 4) is 0 Å². The SMILES string of the molecule is C(=Cc1ccc(N(c2ccccc2)c2cccc3ccccc23)cc1)c1ccc(N(c2ccccc2)c2cccc3ccccc23)cc1. The Labute approximate surface area is 282 Å². The van der Waals surface area contributed by atoms with E-state index >= 15 is 0 Å². The molecule has 48 heavy (non-hydrogen) atoms. The lowest BCUT2D eigenvalue weighted by molar-refractivity contribution is 1.29. The van der Waals surface area contributed by atoms with Crippen molar-refractivity contribution in [3.05, 3.63) is 205 Å². The van der Waals surface area contributed by atoms with Crippen LogP contribution in [0.4, 0.5) is 34.1 Å². The van der Waals surface area contributed by atoms with Crippen LogP contribution in [-0.2, 0) is 0 Å². The fourth-order valence-electron chi connectivity index (χ4n) is 6.48. The molecule has 0 N–H and O–H groups in total. The van der Waals surface area contributed by atoms with Gasteiger partial charge in [0.1, 0.15) is 0 Å². The minimum absolute atomic E-state index is 1.12. The number of benzene rings is 8. The van der Waals surface area contributed by atoms with Crippen LogP contribution in [-0.4, -0.2) is 0 Å². The maximum atomic E-state index is 2.34. The van der Waals surface area contributed by atoms with Crippen LogP contribution in [0.1, 0.15) is 11.1 Å². The van der Waals surface area contributed by atoms with Gasteiger partial charge >= 0.3 is 0 Å². The van der Waals surface area contributed by atoms with Crippen molar-refractivity contribution >= 4 is 67.8 Å². The van der Waals surface area contributed by atoms with Gasteiger partial charge in [0.2, 0.25) is 0 Å². The first-order chi connectivity index (χ1) is 23.8. The van der Waals surface area contributed by atoms with E-state index in [4.69, 9.17) is 0 Å². The van der Waals surface area contributed by atoms with Crippen LogP contribution < -0.4 is 9.80 Å². The summed E-state index contributed by atoms with van der Waals surface area (Å²) < 4.78 is 0. The highest BCUT2D eigenvalue weighted by molar-refractivity contribution is 6.00. The van der Waals surface area contributed by atoms with Gasteiger partial charge in [-0.3, -0.25) is 0 Å². The Morgan fingerprint density at radius 1 is 0.271 bits per heavy atom. The van der Waals surface area contributed by atoms with E-state index in [9.17, 15) is 0 Å². The Balaban J connectivity index is 1.08. The van der Waals surface area contributed by atoms with E-state index in [-0.39, 0.29) is 0 Å². The number of rotatable bonds is 8. The Morgan fingerprint density at radius 2 is 0.604 bits per heavy atom. The van der Waals surface area contributed by atoms with Crippen molar-refractivity contribution in [3.63, 3.8) is 0 Å². The predicted molar refractivity (Wildman–Crippen MR) is 206 cm³/mol. The standard InChI is InChI=1S/C46H34N2/c1-3-17-39(18-4-1)47(45-23-11-15-37-13-7-9-21-43(37)45)41-31-27-35(28-32-41)25-26-36-29-33-42(34-30-36)48(40-19-5-2-6-20-40)46-24-12-16-38-14-8-10-22-44(38)46/h1-34H. The van der Waals surface area contributed by atoms with E-state index in [1.807, 2.05) is 0 Å². The van der Waals surface area contributed by atoms with E-state index in [0.29, 0.717) is 0 Å². The highest BCUT2D eigenvalue weighted by atomic mass is 15.1. The van der Waals surface area contributed by atoms with Crippen LogP contribution >= 0.6 is 0 Å². The van der Waals surface area contributed by atoms with Gasteiger partial charge in [-0.25, -0.2) is 0 Å². The molecule has 228 valence electrons. The molecule has 0 amide bonds. The molecule has 0 saturated carbocycles. The summed E-state index contributed by atoms with van der Waals surface area (Å²) in [5, 5.41) is 4.90. The molecule has 8 aromatic carbocycles. The molecule has 0 atom stereocenters. The van der Waals surface area contributed by atoms with Crippen molar-refractivity contribution in [2.75, 3.05) is 9.80 Å². The molecule has 0 radical (unpaired) electrons. The molecule has 0 aromatic heterocycles. The minimum atomic E-state index is 1.12. The lowest BCUT2D eigenvalue weighted by Crippen LogP contribution is -2.10. The molecule has 0 aliphatic rings. The summed E-state index contributed by atoms with van der Waals surface area (Å²) in [6.45, 7) is 0. The van der Waals surface area contributed by atoms with E-state index in [1.54, 1.807) is 0 Å². The summed E-state index contributed by atoms with van der Waals surface area (Å²) in [5.41, 5.74) is 9.12. The van der Waals surface area contributed by atoms with Crippen molar-refractivity contribution in [2.24, 2.45) is 0 Å². The second-order valence-corrected chi connectivity index (χ2v) is 11.9. The first kappa shape index (κ1) is 29.1. The minimum Gasteiger partial charge on any atom is -0.310 e. The van der Waals surface area contributed by atoms with Gasteiger partial charge in [-0.15, -0.1) is 0 Å². The lowest BCUT2D eigenvalue weighted by Gasteiger charge is -2.27. The van der Waals surface area contributed by atoms with Crippen LogP contribution in [0.3, 0.4) is 0 Å². The van der Waals surface area contributed by atoms with Gasteiger partial charge in [-0.2, -0.15) is 0 Å². The smallest absolute Gasteiger partial charge is 0.0540 e. The summed E-state index contributed by atoms with van der Waals surface area (Å²) in [5.74, 6) is 0. The topological polar surface area (TPSA) is 6.48 Å². The van der Waals surface area contributed by atoms with Gasteiger partial charge in [0, 0.05) is 33.5 Å². The van der Waals surface area contributed by atoms with Gasteiger partial charge in [0.25, 0.3) is 0 Å². The zero-order chi connectivity index (χ0) is 32.1. The van der Waals surface area contributed by atoms with Gasteiger partial charge in [0.05, 0.1) is 11.4 Å². The van der Waals surface area contributed by atoms with Crippen molar-refractivity contribution in [1.29, 1.82) is 0 Å². The largest absolute Gasteiger partial charge is 0.310 e. The van der Waals surface area contributed by atoms with E-state index < -0.39 is 0 Å². The molecule has 2 nitrogen and oxygen atoms in total. The molecular weight excluding hydrogens is 581 g/mol. The number of hydrogen-bond donors (Lipinski definition) is 0. The molecule has 0 aliphatic heterocycles. The first-order valence-electron chi connectivity index (χ1n) is 16.4. The predicted octanol–water partition coefficient (Wildman–Crippen LogP) is 13.1. The Bertz CT molecular complexity index is 2150. The maximum Gasteiger partial charge on any atom is 0.0540 e. The molecule has 0 spiro atoms. The third-order valence-electron chi connectivity index (χ3n) is 8.81. The number of fused-ring (bicyclic) bond motifs is 2. The van der Waals surface area contributed by atoms with Crippen molar-refractivity contribution < 1.29 is 0 Å². The van der Waals surface area contributed by atoms with Gasteiger partial charge in [-0.1, -0.05) is 146 Å². The van der Waals surface area contributed by atoms with E-state index in [1.165, 1.54) is 21.5 Å². The van der Waals surface area contributed by atoms with Gasteiger partial charge in [0.15, 0.2) is 0 Å². The average molecular weight is 615 g/mol. The van der Waals surface area contributed by atoms with Gasteiger partial charge < -0.3 is 9.80 Å². The van der Waals surface area contributed by atoms with E-state index in [0.717, 1.165) is 45.3 Å². The monoisotopic (exact) mass is 614 g/mol. The third-order valence-corrected chi connectivity index (χ3v) is 8.81. The van der Waals surface area contributed by atoms with E-state index in [2.05, 4.69) is 216 Å². The van der Waals surface area contributed by atoms with Crippen LogP contribution in [0, 0.1) is 0 Å². The fraction of sp³-hybridized carbons (Fsp3) is 0. The number of anilines is 6. The van der Waals surface area contributed by atoms with Crippen LogP contribution in [0.2, 0.25) is 0 Å². The Hall–Kier alpha value is -6.38. The summed E-state index contributed by atoms with van der Waals surface area (Å²) >= 11 is 0. The molecule has 0 fully saturated rings. The summed E-state index contributed by atoms with van der Waals surface area (Å²) in [6, 6.07) is 68.9. The zero-order valence-electron chi connectivity index (χ0n) is 26.5. The lowest BCUT2D eigenvalue weighted by atomic mass is 10.1. The number of nitrogens with zero attached hydrogens (tertiary/aromatic N) is 2. The highest BCUT2D eigenvalue weighted by Crippen LogP contribution is 2.40. The van der Waals surface area contributed by atoms with Crippen molar-refractivity contribution in [1.82, 2.24) is 0 Å². The summed E-state index contributed by atoms with van der Waals surface area (Å²) in [6.07, 6.45) is 4.37.